The summed E-state index contributed by atoms with van der Waals surface area (Å²) in [6.45, 7) is 22.2. The van der Waals surface area contributed by atoms with Crippen molar-refractivity contribution in [2.75, 3.05) is 13.2 Å². The minimum Gasteiger partial charge on any atom is -0.493 e. The zero-order valence-electron chi connectivity index (χ0n) is 30.4. The first kappa shape index (κ1) is 38.5. The van der Waals surface area contributed by atoms with Crippen LogP contribution in [-0.2, 0) is 0 Å². The summed E-state index contributed by atoms with van der Waals surface area (Å²) in [7, 11) is 0. The summed E-state index contributed by atoms with van der Waals surface area (Å²) in [6.07, 6.45) is 9.45. The van der Waals surface area contributed by atoms with E-state index in [1.54, 1.807) is 0 Å². The van der Waals surface area contributed by atoms with Gasteiger partial charge in [-0.15, -0.1) is 0 Å². The van der Waals surface area contributed by atoms with Crippen LogP contribution in [0.5, 0.6) is 11.5 Å². The average molecular weight is 626 g/mol. The maximum atomic E-state index is 6.33. The Labute approximate surface area is 280 Å². The molecule has 4 aromatic rings. The number of hydrogen-bond donors (Lipinski definition) is 0. The van der Waals surface area contributed by atoms with E-state index in [1.165, 1.54) is 43.2 Å². The van der Waals surface area contributed by atoms with E-state index in [0.29, 0.717) is 30.7 Å². The summed E-state index contributed by atoms with van der Waals surface area (Å²) in [5.74, 6) is 3.49. The molecule has 0 bridgehead atoms. The van der Waals surface area contributed by atoms with Crippen molar-refractivity contribution in [1.29, 1.82) is 0 Å². The molecular weight excluding hydrogens is 566 g/mol. The number of ether oxygens (including phenoxy) is 2. The van der Waals surface area contributed by atoms with Crippen molar-refractivity contribution in [1.82, 2.24) is 15.0 Å². The standard InChI is InChI=1S/C37H47N3O2.2C2H6/c1-7-9-11-12-13-14-22-41-30-17-20-33(34(25-30)42-21-10-8-2)37-39-35(31-18-15-26(3)23-28(31)5)38-36(40-37)32-19-16-27(4)24-29(32)6;2*1-2/h15-20,23-25H,7-14,21-22H2,1-6H3;2*1-2H3. The highest BCUT2D eigenvalue weighted by Gasteiger charge is 2.18. The summed E-state index contributed by atoms with van der Waals surface area (Å²) < 4.78 is 12.5. The third-order valence-electron chi connectivity index (χ3n) is 7.60. The molecule has 250 valence electrons. The second-order valence-corrected chi connectivity index (χ2v) is 11.4. The second-order valence-electron chi connectivity index (χ2n) is 11.4. The first-order valence-corrected chi connectivity index (χ1v) is 17.7. The minimum atomic E-state index is 0.601. The smallest absolute Gasteiger partial charge is 0.167 e. The Hall–Kier alpha value is -3.73. The van der Waals surface area contributed by atoms with Crippen LogP contribution in [0.2, 0.25) is 0 Å². The van der Waals surface area contributed by atoms with Crippen LogP contribution in [0.15, 0.2) is 54.6 Å². The van der Waals surface area contributed by atoms with Crippen LogP contribution >= 0.6 is 0 Å². The molecule has 0 aliphatic carbocycles. The topological polar surface area (TPSA) is 57.1 Å². The Morgan fingerprint density at radius 2 is 0.935 bits per heavy atom. The first-order valence-electron chi connectivity index (χ1n) is 17.7. The number of nitrogens with zero attached hydrogens (tertiary/aromatic N) is 3. The summed E-state index contributed by atoms with van der Waals surface area (Å²) in [4.78, 5) is 15.0. The Balaban J connectivity index is 0.00000177. The second kappa shape index (κ2) is 21.1. The van der Waals surface area contributed by atoms with E-state index in [-0.39, 0.29) is 0 Å². The molecule has 0 aliphatic rings. The summed E-state index contributed by atoms with van der Waals surface area (Å²) in [5, 5.41) is 0. The lowest BCUT2D eigenvalue weighted by Crippen LogP contribution is -2.05. The summed E-state index contributed by atoms with van der Waals surface area (Å²) in [6, 6.07) is 18.8. The fraction of sp³-hybridized carbons (Fsp3) is 0.488. The van der Waals surface area contributed by atoms with Crippen molar-refractivity contribution >= 4 is 0 Å². The van der Waals surface area contributed by atoms with Crippen molar-refractivity contribution in [3.63, 3.8) is 0 Å². The van der Waals surface area contributed by atoms with Crippen molar-refractivity contribution in [3.05, 3.63) is 76.9 Å². The molecule has 0 N–H and O–H groups in total. The Morgan fingerprint density at radius 3 is 1.46 bits per heavy atom. The molecule has 0 amide bonds. The summed E-state index contributed by atoms with van der Waals surface area (Å²) in [5.41, 5.74) is 7.54. The molecule has 0 unspecified atom stereocenters. The quantitative estimate of drug-likeness (QED) is 0.123. The molecule has 3 aromatic carbocycles. The van der Waals surface area contributed by atoms with Gasteiger partial charge in [0.1, 0.15) is 11.5 Å². The van der Waals surface area contributed by atoms with Gasteiger partial charge in [-0.3, -0.25) is 0 Å². The van der Waals surface area contributed by atoms with Gasteiger partial charge < -0.3 is 9.47 Å². The van der Waals surface area contributed by atoms with Gasteiger partial charge in [-0.2, -0.15) is 0 Å². The number of benzene rings is 3. The third-order valence-corrected chi connectivity index (χ3v) is 7.60. The van der Waals surface area contributed by atoms with Crippen molar-refractivity contribution in [3.8, 4) is 45.7 Å². The van der Waals surface area contributed by atoms with Crippen LogP contribution in [0, 0.1) is 27.7 Å². The van der Waals surface area contributed by atoms with Crippen LogP contribution in [0.25, 0.3) is 34.2 Å². The monoisotopic (exact) mass is 625 g/mol. The molecular formula is C41H59N3O2. The molecule has 0 saturated heterocycles. The number of hydrogen-bond acceptors (Lipinski definition) is 5. The number of unbranched alkanes of at least 4 members (excludes halogenated alkanes) is 6. The molecule has 5 heteroatoms. The van der Waals surface area contributed by atoms with Gasteiger partial charge in [-0.05, 0) is 63.8 Å². The van der Waals surface area contributed by atoms with E-state index in [2.05, 4.69) is 77.9 Å². The van der Waals surface area contributed by atoms with Crippen molar-refractivity contribution < 1.29 is 9.47 Å². The molecule has 0 atom stereocenters. The molecule has 0 spiro atoms. The predicted octanol–water partition coefficient (Wildman–Crippen LogP) is 12.1. The molecule has 5 nitrogen and oxygen atoms in total. The van der Waals surface area contributed by atoms with Gasteiger partial charge in [0.2, 0.25) is 0 Å². The molecule has 1 aromatic heterocycles. The lowest BCUT2D eigenvalue weighted by atomic mass is 10.0. The number of rotatable bonds is 15. The normalized spacial score (nSPS) is 10.4. The van der Waals surface area contributed by atoms with Crippen molar-refractivity contribution in [2.45, 2.75) is 121 Å². The molecule has 1 heterocycles. The highest BCUT2D eigenvalue weighted by molar-refractivity contribution is 5.72. The molecule has 46 heavy (non-hydrogen) atoms. The van der Waals surface area contributed by atoms with E-state index in [9.17, 15) is 0 Å². The van der Waals surface area contributed by atoms with Crippen LogP contribution < -0.4 is 9.47 Å². The molecule has 0 aliphatic heterocycles. The van der Waals surface area contributed by atoms with Crippen molar-refractivity contribution in [2.24, 2.45) is 0 Å². The highest BCUT2D eigenvalue weighted by atomic mass is 16.5. The lowest BCUT2D eigenvalue weighted by Gasteiger charge is -2.15. The zero-order valence-corrected chi connectivity index (χ0v) is 30.4. The Kier molecular flexibility index (Phi) is 17.7. The fourth-order valence-corrected chi connectivity index (χ4v) is 5.16. The van der Waals surface area contributed by atoms with Crippen LogP contribution in [-0.4, -0.2) is 28.2 Å². The van der Waals surface area contributed by atoms with E-state index >= 15 is 0 Å². The highest BCUT2D eigenvalue weighted by Crippen LogP contribution is 2.35. The number of aromatic nitrogens is 3. The third kappa shape index (κ3) is 11.6. The van der Waals surface area contributed by atoms with E-state index < -0.39 is 0 Å². The van der Waals surface area contributed by atoms with Crippen LogP contribution in [0.4, 0.5) is 0 Å². The fourth-order valence-electron chi connectivity index (χ4n) is 5.16. The first-order chi connectivity index (χ1) is 22.4. The van der Waals surface area contributed by atoms with Gasteiger partial charge in [0, 0.05) is 17.2 Å². The van der Waals surface area contributed by atoms with E-state index in [1.807, 2.05) is 45.9 Å². The molecule has 0 saturated carbocycles. The van der Waals surface area contributed by atoms with Crippen LogP contribution in [0.1, 0.15) is 115 Å². The zero-order chi connectivity index (χ0) is 33.9. The summed E-state index contributed by atoms with van der Waals surface area (Å²) >= 11 is 0. The average Bonchev–Trinajstić information content (AvgIpc) is 3.06. The van der Waals surface area contributed by atoms with Gasteiger partial charge in [0.25, 0.3) is 0 Å². The maximum absolute atomic E-state index is 6.33. The van der Waals surface area contributed by atoms with Crippen LogP contribution in [0.3, 0.4) is 0 Å². The maximum Gasteiger partial charge on any atom is 0.167 e. The van der Waals surface area contributed by atoms with E-state index in [4.69, 9.17) is 24.4 Å². The minimum absolute atomic E-state index is 0.601. The molecule has 0 radical (unpaired) electrons. The van der Waals surface area contributed by atoms with Gasteiger partial charge in [-0.25, -0.2) is 15.0 Å². The Morgan fingerprint density at radius 1 is 0.478 bits per heavy atom. The predicted molar refractivity (Wildman–Crippen MR) is 197 cm³/mol. The number of aryl methyl sites for hydroxylation is 4. The Bertz CT molecular complexity index is 1390. The van der Waals surface area contributed by atoms with Gasteiger partial charge in [0.15, 0.2) is 17.5 Å². The van der Waals surface area contributed by atoms with Gasteiger partial charge in [-0.1, -0.05) is 128 Å². The molecule has 4 rings (SSSR count). The van der Waals surface area contributed by atoms with Gasteiger partial charge in [0.05, 0.1) is 18.8 Å². The van der Waals surface area contributed by atoms with Gasteiger partial charge >= 0.3 is 0 Å². The molecule has 0 fully saturated rings. The lowest BCUT2D eigenvalue weighted by molar-refractivity contribution is 0.292. The van der Waals surface area contributed by atoms with E-state index in [0.717, 1.165) is 58.6 Å². The largest absolute Gasteiger partial charge is 0.493 e. The SMILES string of the molecule is CC.CC.CCCCCCCCOc1ccc(-c2nc(-c3ccc(C)cc3C)nc(-c3ccc(C)cc3C)n2)c(OCCCC)c1.